The van der Waals surface area contributed by atoms with Crippen LogP contribution in [0, 0.1) is 5.92 Å². The monoisotopic (exact) mass is 247 g/mol. The van der Waals surface area contributed by atoms with Gasteiger partial charge in [-0.2, -0.15) is 0 Å². The van der Waals surface area contributed by atoms with Gasteiger partial charge >= 0.3 is 5.97 Å². The van der Waals surface area contributed by atoms with Crippen LogP contribution in [0.25, 0.3) is 0 Å². The highest BCUT2D eigenvalue weighted by molar-refractivity contribution is 5.80. The van der Waals surface area contributed by atoms with E-state index in [9.17, 15) is 19.1 Å². The first kappa shape index (κ1) is 13.9. The zero-order chi connectivity index (χ0) is 12.8. The number of nitrogens with zero attached hydrogens (tertiary/aromatic N) is 1. The van der Waals surface area contributed by atoms with E-state index in [2.05, 4.69) is 0 Å². The number of hydrogen-bond donors (Lipinski definition) is 2. The highest BCUT2D eigenvalue weighted by atomic mass is 19.1. The summed E-state index contributed by atoms with van der Waals surface area (Å²) in [6.07, 6.45) is -0.110. The van der Waals surface area contributed by atoms with Crippen LogP contribution in [-0.2, 0) is 9.59 Å². The number of aliphatic carboxylic acids is 1. The van der Waals surface area contributed by atoms with Gasteiger partial charge in [-0.05, 0) is 12.8 Å². The standard InChI is InChI=1S/C11H18FNO4/c12-5-3-8-7-13(6-4-9(8)14)10(15)1-2-11(16)17/h8-9,14H,1-7H2,(H,16,17)/t8-,9-/m1/s1. The van der Waals surface area contributed by atoms with Crippen LogP contribution in [0.5, 0.6) is 0 Å². The molecule has 0 aromatic carbocycles. The summed E-state index contributed by atoms with van der Waals surface area (Å²) in [6, 6.07) is 0. The predicted molar refractivity (Wildman–Crippen MR) is 58.2 cm³/mol. The second kappa shape index (κ2) is 6.54. The van der Waals surface area contributed by atoms with Gasteiger partial charge < -0.3 is 15.1 Å². The van der Waals surface area contributed by atoms with Gasteiger partial charge in [0.05, 0.1) is 19.2 Å². The van der Waals surface area contributed by atoms with Crippen LogP contribution in [0.4, 0.5) is 4.39 Å². The van der Waals surface area contributed by atoms with Crippen molar-refractivity contribution in [2.45, 2.75) is 31.8 Å². The van der Waals surface area contributed by atoms with Crippen LogP contribution in [0.15, 0.2) is 0 Å². The van der Waals surface area contributed by atoms with E-state index in [0.717, 1.165) is 0 Å². The summed E-state index contributed by atoms with van der Waals surface area (Å²) in [4.78, 5) is 23.5. The number of carbonyl (C=O) groups is 2. The van der Waals surface area contributed by atoms with Crippen molar-refractivity contribution in [1.29, 1.82) is 0 Å². The van der Waals surface area contributed by atoms with Gasteiger partial charge in [0.1, 0.15) is 0 Å². The van der Waals surface area contributed by atoms with E-state index in [1.54, 1.807) is 0 Å². The number of aliphatic hydroxyl groups is 1. The Morgan fingerprint density at radius 1 is 1.35 bits per heavy atom. The third kappa shape index (κ3) is 4.30. The SMILES string of the molecule is O=C(O)CCC(=O)N1CC[C@@H](O)[C@H](CCF)C1. The molecule has 2 atom stereocenters. The van der Waals surface area contributed by atoms with Gasteiger partial charge in [0.25, 0.3) is 0 Å². The highest BCUT2D eigenvalue weighted by Crippen LogP contribution is 2.21. The van der Waals surface area contributed by atoms with E-state index >= 15 is 0 Å². The Kier molecular flexibility index (Phi) is 5.34. The van der Waals surface area contributed by atoms with Crippen LogP contribution in [0.3, 0.4) is 0 Å². The molecule has 1 fully saturated rings. The lowest BCUT2D eigenvalue weighted by Gasteiger charge is -2.35. The first-order valence-corrected chi connectivity index (χ1v) is 5.78. The quantitative estimate of drug-likeness (QED) is 0.738. The molecular weight excluding hydrogens is 229 g/mol. The molecule has 1 rings (SSSR count). The third-order valence-electron chi connectivity index (χ3n) is 3.08. The van der Waals surface area contributed by atoms with Crippen molar-refractivity contribution in [3.05, 3.63) is 0 Å². The predicted octanol–water partition coefficient (Wildman–Crippen LogP) is 0.420. The van der Waals surface area contributed by atoms with Gasteiger partial charge in [-0.25, -0.2) is 0 Å². The molecule has 98 valence electrons. The van der Waals surface area contributed by atoms with Crippen LogP contribution in [0.1, 0.15) is 25.7 Å². The molecule has 0 unspecified atom stereocenters. The molecule has 0 radical (unpaired) electrons. The molecule has 0 aromatic rings. The Hall–Kier alpha value is -1.17. The summed E-state index contributed by atoms with van der Waals surface area (Å²) in [7, 11) is 0. The molecule has 1 aliphatic rings. The van der Waals surface area contributed by atoms with Crippen molar-refractivity contribution in [3.8, 4) is 0 Å². The Bertz CT molecular complexity index is 285. The average molecular weight is 247 g/mol. The van der Waals surface area contributed by atoms with E-state index in [4.69, 9.17) is 5.11 Å². The summed E-state index contributed by atoms with van der Waals surface area (Å²) in [5.41, 5.74) is 0. The summed E-state index contributed by atoms with van der Waals surface area (Å²) >= 11 is 0. The average Bonchev–Trinajstić information content (AvgIpc) is 2.29. The van der Waals surface area contributed by atoms with Gasteiger partial charge in [-0.1, -0.05) is 0 Å². The maximum absolute atomic E-state index is 12.2. The first-order chi connectivity index (χ1) is 8.04. The molecule has 2 N–H and O–H groups in total. The van der Waals surface area contributed by atoms with E-state index < -0.39 is 18.7 Å². The number of carboxylic acids is 1. The number of likely N-dealkylation sites (tertiary alicyclic amines) is 1. The third-order valence-corrected chi connectivity index (χ3v) is 3.08. The maximum Gasteiger partial charge on any atom is 0.303 e. The van der Waals surface area contributed by atoms with E-state index in [1.165, 1.54) is 4.90 Å². The van der Waals surface area contributed by atoms with Crippen molar-refractivity contribution in [2.75, 3.05) is 19.8 Å². The van der Waals surface area contributed by atoms with Crippen LogP contribution in [0.2, 0.25) is 0 Å². The fraction of sp³-hybridized carbons (Fsp3) is 0.818. The van der Waals surface area contributed by atoms with Gasteiger partial charge in [-0.15, -0.1) is 0 Å². The second-order valence-corrected chi connectivity index (χ2v) is 4.33. The fourth-order valence-corrected chi connectivity index (χ4v) is 2.04. The number of rotatable bonds is 5. The van der Waals surface area contributed by atoms with Gasteiger partial charge in [-0.3, -0.25) is 14.0 Å². The summed E-state index contributed by atoms with van der Waals surface area (Å²) in [5.74, 6) is -1.47. The largest absolute Gasteiger partial charge is 0.481 e. The fourth-order valence-electron chi connectivity index (χ4n) is 2.04. The summed E-state index contributed by atoms with van der Waals surface area (Å²) in [6.45, 7) is 0.227. The normalized spacial score (nSPS) is 24.7. The number of carbonyl (C=O) groups excluding carboxylic acids is 1. The molecule has 0 spiro atoms. The van der Waals surface area contributed by atoms with Crippen LogP contribution < -0.4 is 0 Å². The molecule has 5 nitrogen and oxygen atoms in total. The molecule has 0 saturated carbocycles. The lowest BCUT2D eigenvalue weighted by Crippen LogP contribution is -2.46. The molecule has 0 bridgehead atoms. The molecule has 1 aliphatic heterocycles. The van der Waals surface area contributed by atoms with Crippen molar-refractivity contribution in [2.24, 2.45) is 5.92 Å². The van der Waals surface area contributed by atoms with Gasteiger partial charge in [0.15, 0.2) is 0 Å². The molecule has 6 heteroatoms. The van der Waals surface area contributed by atoms with Crippen molar-refractivity contribution < 1.29 is 24.2 Å². The molecule has 0 aliphatic carbocycles. The Morgan fingerprint density at radius 2 is 2.06 bits per heavy atom. The lowest BCUT2D eigenvalue weighted by atomic mass is 9.92. The van der Waals surface area contributed by atoms with E-state index in [1.807, 2.05) is 0 Å². The molecule has 0 aromatic heterocycles. The minimum absolute atomic E-state index is 0.0340. The molecule has 1 amide bonds. The number of aliphatic hydroxyl groups excluding tert-OH is 1. The molecule has 1 heterocycles. The minimum Gasteiger partial charge on any atom is -0.481 e. The molecule has 17 heavy (non-hydrogen) atoms. The van der Waals surface area contributed by atoms with Crippen LogP contribution in [-0.4, -0.2) is 52.9 Å². The second-order valence-electron chi connectivity index (χ2n) is 4.33. The number of halogens is 1. The number of alkyl halides is 1. The zero-order valence-electron chi connectivity index (χ0n) is 9.64. The van der Waals surface area contributed by atoms with Gasteiger partial charge in [0, 0.05) is 25.4 Å². The number of piperidine rings is 1. The smallest absolute Gasteiger partial charge is 0.303 e. The topological polar surface area (TPSA) is 77.8 Å². The number of carboxylic acid groups (broad SMARTS) is 1. The summed E-state index contributed by atoms with van der Waals surface area (Å²) < 4.78 is 12.2. The Labute approximate surface area is 99.2 Å². The minimum atomic E-state index is -1.00. The maximum atomic E-state index is 12.2. The zero-order valence-corrected chi connectivity index (χ0v) is 9.64. The van der Waals surface area contributed by atoms with E-state index in [0.29, 0.717) is 19.5 Å². The summed E-state index contributed by atoms with van der Waals surface area (Å²) in [5, 5.41) is 18.1. The Balaban J connectivity index is 2.43. The lowest BCUT2D eigenvalue weighted by molar-refractivity contribution is -0.142. The van der Waals surface area contributed by atoms with Crippen molar-refractivity contribution in [3.63, 3.8) is 0 Å². The number of hydrogen-bond acceptors (Lipinski definition) is 3. The molecular formula is C11H18FNO4. The molecule has 1 saturated heterocycles. The highest BCUT2D eigenvalue weighted by Gasteiger charge is 2.29. The first-order valence-electron chi connectivity index (χ1n) is 5.78. The van der Waals surface area contributed by atoms with Crippen LogP contribution >= 0.6 is 0 Å². The van der Waals surface area contributed by atoms with Gasteiger partial charge in [0.2, 0.25) is 5.91 Å². The number of amides is 1. The van der Waals surface area contributed by atoms with Crippen molar-refractivity contribution in [1.82, 2.24) is 4.90 Å². The van der Waals surface area contributed by atoms with E-state index in [-0.39, 0.29) is 31.1 Å². The van der Waals surface area contributed by atoms with Crippen molar-refractivity contribution >= 4 is 11.9 Å². The Morgan fingerprint density at radius 3 is 2.65 bits per heavy atom.